The Morgan fingerprint density at radius 2 is 1.68 bits per heavy atom. The van der Waals surface area contributed by atoms with Gasteiger partial charge in [-0.15, -0.1) is 0 Å². The summed E-state index contributed by atoms with van der Waals surface area (Å²) in [7, 11) is -2.73. The van der Waals surface area contributed by atoms with Crippen molar-refractivity contribution in [2.24, 2.45) is 0 Å². The molecule has 19 heavy (non-hydrogen) atoms. The second kappa shape index (κ2) is 7.57. The minimum atomic E-state index is -2.73. The summed E-state index contributed by atoms with van der Waals surface area (Å²) in [5.41, 5.74) is 0. The van der Waals surface area contributed by atoms with Gasteiger partial charge in [0.1, 0.15) is 0 Å². The maximum absolute atomic E-state index is 11.3. The fourth-order valence-corrected chi connectivity index (χ4v) is 3.88. The Balaban J connectivity index is 1.48. The topological polar surface area (TPSA) is 52.7 Å². The van der Waals surface area contributed by atoms with Gasteiger partial charge in [-0.25, -0.2) is 8.42 Å². The third kappa shape index (κ3) is 5.77. The summed E-state index contributed by atoms with van der Waals surface area (Å²) in [4.78, 5) is 4.75. The number of sulfone groups is 1. The van der Waals surface area contributed by atoms with Gasteiger partial charge in [-0.05, 0) is 25.8 Å². The highest BCUT2D eigenvalue weighted by atomic mass is 32.2. The van der Waals surface area contributed by atoms with Crippen LogP contribution in [-0.4, -0.2) is 82.1 Å². The second-order valence-electron chi connectivity index (χ2n) is 5.47. The molecule has 0 aromatic heterocycles. The molecule has 0 amide bonds. The van der Waals surface area contributed by atoms with E-state index in [1.165, 1.54) is 0 Å². The van der Waals surface area contributed by atoms with E-state index in [9.17, 15) is 8.42 Å². The molecule has 2 rings (SSSR count). The van der Waals surface area contributed by atoms with Gasteiger partial charge in [-0.1, -0.05) is 0 Å². The van der Waals surface area contributed by atoms with E-state index in [1.54, 1.807) is 0 Å². The highest BCUT2D eigenvalue weighted by molar-refractivity contribution is 7.91. The number of unbranched alkanes of at least 4 members (excludes halogenated alkanes) is 2. The van der Waals surface area contributed by atoms with Gasteiger partial charge in [0.05, 0.1) is 11.5 Å². The average Bonchev–Trinajstić information content (AvgIpc) is 2.41. The number of nitrogens with one attached hydrogen (secondary N) is 1. The average molecular weight is 288 g/mol. The zero-order valence-corrected chi connectivity index (χ0v) is 12.5. The van der Waals surface area contributed by atoms with Crippen LogP contribution in [0, 0.1) is 6.42 Å². The van der Waals surface area contributed by atoms with Crippen LogP contribution in [0.5, 0.6) is 0 Å². The second-order valence-corrected chi connectivity index (χ2v) is 7.78. The Hall–Kier alpha value is -0.170. The Labute approximate surface area is 117 Å². The Bertz CT molecular complexity index is 339. The summed E-state index contributed by atoms with van der Waals surface area (Å²) in [5.74, 6) is 0.689. The van der Waals surface area contributed by atoms with Crippen LogP contribution in [-0.2, 0) is 9.84 Å². The van der Waals surface area contributed by atoms with Crippen molar-refractivity contribution in [1.29, 1.82) is 0 Å². The molecule has 0 spiro atoms. The minimum Gasteiger partial charge on any atom is -0.314 e. The van der Waals surface area contributed by atoms with E-state index in [2.05, 4.69) is 21.5 Å². The van der Waals surface area contributed by atoms with Crippen molar-refractivity contribution in [3.8, 4) is 0 Å². The van der Waals surface area contributed by atoms with Crippen LogP contribution in [0.1, 0.15) is 12.8 Å². The minimum absolute atomic E-state index is 0.345. The fourth-order valence-electron chi connectivity index (χ4n) is 2.60. The van der Waals surface area contributed by atoms with Gasteiger partial charge < -0.3 is 15.1 Å². The largest absolute Gasteiger partial charge is 0.314 e. The molecule has 2 saturated heterocycles. The zero-order valence-electron chi connectivity index (χ0n) is 11.7. The lowest BCUT2D eigenvalue weighted by Gasteiger charge is -2.28. The molecule has 0 bridgehead atoms. The molecule has 2 aliphatic heterocycles. The fraction of sp³-hybridized carbons (Fsp3) is 0.923. The van der Waals surface area contributed by atoms with Crippen molar-refractivity contribution in [1.82, 2.24) is 15.1 Å². The Kier molecular flexibility index (Phi) is 6.06. The van der Waals surface area contributed by atoms with Crippen molar-refractivity contribution < 1.29 is 8.42 Å². The summed E-state index contributed by atoms with van der Waals surface area (Å²) < 4.78 is 22.6. The Morgan fingerprint density at radius 3 is 2.37 bits per heavy atom. The van der Waals surface area contributed by atoms with E-state index < -0.39 is 9.84 Å². The number of nitrogens with zero attached hydrogens (tertiary/aromatic N) is 2. The molecule has 0 aromatic rings. The number of rotatable bonds is 6. The molecule has 1 N–H and O–H groups in total. The van der Waals surface area contributed by atoms with Crippen molar-refractivity contribution in [3.05, 3.63) is 6.42 Å². The highest BCUT2D eigenvalue weighted by Crippen LogP contribution is 2.06. The van der Waals surface area contributed by atoms with E-state index in [1.807, 2.05) is 0 Å². The van der Waals surface area contributed by atoms with Gasteiger partial charge >= 0.3 is 0 Å². The van der Waals surface area contributed by atoms with Crippen LogP contribution < -0.4 is 5.32 Å². The molecule has 0 saturated carbocycles. The predicted octanol–water partition coefficient (Wildman–Crippen LogP) is -0.394. The van der Waals surface area contributed by atoms with Gasteiger partial charge in [0, 0.05) is 45.8 Å². The third-order valence-electron chi connectivity index (χ3n) is 3.92. The summed E-state index contributed by atoms with van der Waals surface area (Å²) >= 11 is 0. The van der Waals surface area contributed by atoms with Crippen LogP contribution in [0.3, 0.4) is 0 Å². The quantitative estimate of drug-likeness (QED) is 0.675. The standard InChI is InChI=1S/C13H26N3O2S/c17-19(18)12-10-16(11-13-19)7-3-1-2-6-15-8-4-14-5-9-15/h2,14H,1,3-13H2. The van der Waals surface area contributed by atoms with Gasteiger partial charge in [-0.3, -0.25) is 0 Å². The first-order valence-corrected chi connectivity index (χ1v) is 9.15. The van der Waals surface area contributed by atoms with E-state index >= 15 is 0 Å². The van der Waals surface area contributed by atoms with Gasteiger partial charge in [-0.2, -0.15) is 0 Å². The normalized spacial score (nSPS) is 25.5. The summed E-state index contributed by atoms with van der Waals surface area (Å²) in [6.45, 7) is 8.09. The molecule has 5 nitrogen and oxygen atoms in total. The third-order valence-corrected chi connectivity index (χ3v) is 5.53. The lowest BCUT2D eigenvalue weighted by Crippen LogP contribution is -2.43. The van der Waals surface area contributed by atoms with Gasteiger partial charge in [0.15, 0.2) is 9.84 Å². The molecule has 1 radical (unpaired) electrons. The number of piperazine rings is 1. The molecular weight excluding hydrogens is 262 g/mol. The first-order chi connectivity index (χ1) is 9.16. The zero-order chi connectivity index (χ0) is 13.6. The highest BCUT2D eigenvalue weighted by Gasteiger charge is 2.20. The molecule has 111 valence electrons. The van der Waals surface area contributed by atoms with Gasteiger partial charge in [0.2, 0.25) is 0 Å². The van der Waals surface area contributed by atoms with Crippen LogP contribution in [0.4, 0.5) is 0 Å². The van der Waals surface area contributed by atoms with Crippen LogP contribution in [0.25, 0.3) is 0 Å². The number of hydrogen-bond acceptors (Lipinski definition) is 5. The van der Waals surface area contributed by atoms with Crippen LogP contribution >= 0.6 is 0 Å². The lowest BCUT2D eigenvalue weighted by atomic mass is 10.2. The molecule has 0 aromatic carbocycles. The van der Waals surface area contributed by atoms with Crippen molar-refractivity contribution in [2.75, 3.05) is 63.9 Å². The molecule has 6 heteroatoms. The van der Waals surface area contributed by atoms with Crippen LogP contribution in [0.2, 0.25) is 0 Å². The maximum atomic E-state index is 11.3. The molecule has 0 atom stereocenters. The lowest BCUT2D eigenvalue weighted by molar-refractivity contribution is 0.252. The first-order valence-electron chi connectivity index (χ1n) is 7.33. The number of hydrogen-bond donors (Lipinski definition) is 1. The molecule has 2 heterocycles. The van der Waals surface area contributed by atoms with E-state index in [0.717, 1.165) is 65.2 Å². The maximum Gasteiger partial charge on any atom is 0.152 e. The van der Waals surface area contributed by atoms with Crippen molar-refractivity contribution >= 4 is 9.84 Å². The molecule has 0 unspecified atom stereocenters. The summed E-state index contributed by atoms with van der Waals surface area (Å²) in [5, 5.41) is 3.35. The summed E-state index contributed by atoms with van der Waals surface area (Å²) in [6, 6.07) is 0. The molecule has 0 aliphatic carbocycles. The van der Waals surface area contributed by atoms with Crippen LogP contribution in [0.15, 0.2) is 0 Å². The van der Waals surface area contributed by atoms with Crippen molar-refractivity contribution in [3.63, 3.8) is 0 Å². The smallest absolute Gasteiger partial charge is 0.152 e. The monoisotopic (exact) mass is 288 g/mol. The molecule has 2 aliphatic rings. The van der Waals surface area contributed by atoms with E-state index in [0.29, 0.717) is 11.5 Å². The Morgan fingerprint density at radius 1 is 1.00 bits per heavy atom. The van der Waals surface area contributed by atoms with Gasteiger partial charge in [0.25, 0.3) is 0 Å². The molecular formula is C13H26N3O2S. The van der Waals surface area contributed by atoms with Crippen molar-refractivity contribution in [2.45, 2.75) is 12.8 Å². The summed E-state index contributed by atoms with van der Waals surface area (Å²) in [6.07, 6.45) is 4.64. The first kappa shape index (κ1) is 15.2. The predicted molar refractivity (Wildman–Crippen MR) is 77.9 cm³/mol. The van der Waals surface area contributed by atoms with E-state index in [4.69, 9.17) is 0 Å². The van der Waals surface area contributed by atoms with E-state index in [-0.39, 0.29) is 0 Å². The SMILES string of the molecule is O=S1(=O)CCN(CCC[CH]CN2CCNCC2)CC1. The molecule has 2 fully saturated rings.